The number of carbonyl (C=O) groups is 1. The standard InChI is InChI=1S/C14H8BrF4NO2/c15-8-5-6-9(10(16)7-8)13(21)20-11-3-1-2-4-12(11)22-14(17,18)19/h1-7H,(H,20,21). The van der Waals surface area contributed by atoms with Crippen LogP contribution in [-0.4, -0.2) is 12.3 Å². The molecule has 0 radical (unpaired) electrons. The summed E-state index contributed by atoms with van der Waals surface area (Å²) in [5.41, 5.74) is -0.517. The van der Waals surface area contributed by atoms with Crippen molar-refractivity contribution in [1.82, 2.24) is 0 Å². The molecule has 22 heavy (non-hydrogen) atoms. The molecule has 0 aromatic heterocycles. The van der Waals surface area contributed by atoms with Gasteiger partial charge in [0.05, 0.1) is 11.3 Å². The van der Waals surface area contributed by atoms with Crippen LogP contribution in [-0.2, 0) is 0 Å². The van der Waals surface area contributed by atoms with Gasteiger partial charge in [0, 0.05) is 4.47 Å². The number of anilines is 1. The van der Waals surface area contributed by atoms with Gasteiger partial charge >= 0.3 is 6.36 Å². The molecule has 0 heterocycles. The molecular weight excluding hydrogens is 370 g/mol. The molecule has 2 rings (SSSR count). The summed E-state index contributed by atoms with van der Waals surface area (Å²) in [5.74, 6) is -2.27. The van der Waals surface area contributed by atoms with Gasteiger partial charge < -0.3 is 10.1 Å². The van der Waals surface area contributed by atoms with Crippen LogP contribution in [0.15, 0.2) is 46.9 Å². The second-order valence-electron chi connectivity index (χ2n) is 4.12. The minimum Gasteiger partial charge on any atom is -0.404 e. The molecule has 2 aromatic carbocycles. The Morgan fingerprint density at radius 3 is 2.45 bits per heavy atom. The van der Waals surface area contributed by atoms with E-state index in [1.807, 2.05) is 0 Å². The first-order chi connectivity index (χ1) is 10.3. The van der Waals surface area contributed by atoms with E-state index in [-0.39, 0.29) is 11.3 Å². The van der Waals surface area contributed by atoms with Crippen LogP contribution < -0.4 is 10.1 Å². The van der Waals surface area contributed by atoms with Gasteiger partial charge in [-0.1, -0.05) is 28.1 Å². The summed E-state index contributed by atoms with van der Waals surface area (Å²) in [7, 11) is 0. The van der Waals surface area contributed by atoms with Gasteiger partial charge in [-0.05, 0) is 30.3 Å². The second-order valence-corrected chi connectivity index (χ2v) is 5.04. The summed E-state index contributed by atoms with van der Waals surface area (Å²) in [6.45, 7) is 0. The van der Waals surface area contributed by atoms with E-state index >= 15 is 0 Å². The van der Waals surface area contributed by atoms with Crippen molar-refractivity contribution in [1.29, 1.82) is 0 Å². The lowest BCUT2D eigenvalue weighted by atomic mass is 10.2. The van der Waals surface area contributed by atoms with Crippen LogP contribution in [0.1, 0.15) is 10.4 Å². The summed E-state index contributed by atoms with van der Waals surface area (Å²) in [6.07, 6.45) is -4.90. The minimum absolute atomic E-state index is 0.216. The fraction of sp³-hybridized carbons (Fsp3) is 0.0714. The lowest BCUT2D eigenvalue weighted by Gasteiger charge is -2.14. The summed E-state index contributed by atoms with van der Waals surface area (Å²) in [5, 5.41) is 2.19. The number of alkyl halides is 3. The van der Waals surface area contributed by atoms with Crippen LogP contribution in [0.25, 0.3) is 0 Å². The van der Waals surface area contributed by atoms with Crippen molar-refractivity contribution < 1.29 is 27.1 Å². The highest BCUT2D eigenvalue weighted by Gasteiger charge is 2.32. The third-order valence-corrected chi connectivity index (χ3v) is 3.03. The van der Waals surface area contributed by atoms with E-state index < -0.39 is 23.8 Å². The third kappa shape index (κ3) is 4.20. The van der Waals surface area contributed by atoms with E-state index in [0.717, 1.165) is 12.1 Å². The molecule has 0 bridgehead atoms. The average Bonchev–Trinajstić information content (AvgIpc) is 2.39. The third-order valence-electron chi connectivity index (χ3n) is 2.54. The molecule has 0 atom stereocenters. The van der Waals surface area contributed by atoms with Crippen molar-refractivity contribution in [3.63, 3.8) is 0 Å². The molecule has 116 valence electrons. The van der Waals surface area contributed by atoms with Crippen LogP contribution in [0, 0.1) is 5.82 Å². The van der Waals surface area contributed by atoms with Gasteiger partial charge in [0.1, 0.15) is 5.82 Å². The van der Waals surface area contributed by atoms with Crippen LogP contribution in [0.4, 0.5) is 23.2 Å². The first-order valence-corrected chi connectivity index (χ1v) is 6.67. The minimum atomic E-state index is -4.90. The van der Waals surface area contributed by atoms with Crippen molar-refractivity contribution >= 4 is 27.5 Å². The van der Waals surface area contributed by atoms with Crippen molar-refractivity contribution in [2.75, 3.05) is 5.32 Å². The lowest BCUT2D eigenvalue weighted by molar-refractivity contribution is -0.274. The fourth-order valence-electron chi connectivity index (χ4n) is 1.65. The molecule has 1 amide bonds. The molecule has 0 saturated carbocycles. The highest BCUT2D eigenvalue weighted by molar-refractivity contribution is 9.10. The zero-order valence-corrected chi connectivity index (χ0v) is 12.3. The monoisotopic (exact) mass is 377 g/mol. The average molecular weight is 378 g/mol. The zero-order valence-electron chi connectivity index (χ0n) is 10.7. The molecule has 3 nitrogen and oxygen atoms in total. The maximum absolute atomic E-state index is 13.7. The van der Waals surface area contributed by atoms with Crippen LogP contribution in [0.5, 0.6) is 5.75 Å². The Morgan fingerprint density at radius 1 is 1.14 bits per heavy atom. The Hall–Kier alpha value is -2.09. The Bertz CT molecular complexity index is 703. The zero-order chi connectivity index (χ0) is 16.3. The molecule has 0 aliphatic rings. The fourth-order valence-corrected chi connectivity index (χ4v) is 1.98. The largest absolute Gasteiger partial charge is 0.573 e. The second kappa shape index (κ2) is 6.35. The number of hydrogen-bond acceptors (Lipinski definition) is 2. The van der Waals surface area contributed by atoms with Crippen LogP contribution in [0.3, 0.4) is 0 Å². The van der Waals surface area contributed by atoms with Crippen molar-refractivity contribution in [2.45, 2.75) is 6.36 Å². The number of nitrogens with one attached hydrogen (secondary N) is 1. The normalized spacial score (nSPS) is 11.1. The number of amides is 1. The van der Waals surface area contributed by atoms with Crippen molar-refractivity contribution in [2.24, 2.45) is 0 Å². The molecule has 0 aliphatic heterocycles. The summed E-state index contributed by atoms with van der Waals surface area (Å²) < 4.78 is 54.8. The molecule has 0 unspecified atom stereocenters. The van der Waals surface area contributed by atoms with E-state index in [0.29, 0.717) is 4.47 Å². The first-order valence-electron chi connectivity index (χ1n) is 5.87. The summed E-state index contributed by atoms with van der Waals surface area (Å²) in [4.78, 5) is 12.0. The number of benzene rings is 2. The van der Waals surface area contributed by atoms with Crippen molar-refractivity contribution in [3.8, 4) is 5.75 Å². The van der Waals surface area contributed by atoms with E-state index in [4.69, 9.17) is 0 Å². The number of ether oxygens (including phenoxy) is 1. The summed E-state index contributed by atoms with van der Waals surface area (Å²) >= 11 is 3.04. The Labute approximate surface area is 131 Å². The van der Waals surface area contributed by atoms with Crippen molar-refractivity contribution in [3.05, 3.63) is 58.3 Å². The predicted octanol–water partition coefficient (Wildman–Crippen LogP) is 4.74. The first kappa shape index (κ1) is 16.3. The van der Waals surface area contributed by atoms with E-state index in [9.17, 15) is 22.4 Å². The Kier molecular flexibility index (Phi) is 4.70. The highest BCUT2D eigenvalue weighted by atomic mass is 79.9. The van der Waals surface area contributed by atoms with Gasteiger partial charge in [0.2, 0.25) is 0 Å². The Morgan fingerprint density at radius 2 is 1.82 bits per heavy atom. The van der Waals surface area contributed by atoms with E-state index in [2.05, 4.69) is 26.0 Å². The Balaban J connectivity index is 2.25. The SMILES string of the molecule is O=C(Nc1ccccc1OC(F)(F)F)c1ccc(Br)cc1F. The topological polar surface area (TPSA) is 38.3 Å². The number of carbonyl (C=O) groups excluding carboxylic acids is 1. The van der Waals surface area contributed by atoms with Gasteiger partial charge in [-0.25, -0.2) is 4.39 Å². The van der Waals surface area contributed by atoms with E-state index in [1.54, 1.807) is 0 Å². The molecule has 2 aromatic rings. The summed E-state index contributed by atoms with van der Waals surface area (Å²) in [6, 6.07) is 8.72. The van der Waals surface area contributed by atoms with Gasteiger partial charge in [-0.2, -0.15) is 0 Å². The lowest BCUT2D eigenvalue weighted by Crippen LogP contribution is -2.20. The molecule has 8 heteroatoms. The predicted molar refractivity (Wildman–Crippen MR) is 75.2 cm³/mol. The maximum Gasteiger partial charge on any atom is 0.573 e. The molecule has 0 fully saturated rings. The number of halogens is 5. The van der Waals surface area contributed by atoms with Gasteiger partial charge in [-0.3, -0.25) is 4.79 Å². The van der Waals surface area contributed by atoms with Gasteiger partial charge in [-0.15, -0.1) is 13.2 Å². The number of hydrogen-bond donors (Lipinski definition) is 1. The smallest absolute Gasteiger partial charge is 0.404 e. The molecule has 0 saturated heterocycles. The number of para-hydroxylation sites is 2. The maximum atomic E-state index is 13.7. The molecular formula is C14H8BrF4NO2. The molecule has 0 spiro atoms. The van der Waals surface area contributed by atoms with Crippen LogP contribution in [0.2, 0.25) is 0 Å². The molecule has 1 N–H and O–H groups in total. The number of rotatable bonds is 3. The van der Waals surface area contributed by atoms with Gasteiger partial charge in [0.25, 0.3) is 5.91 Å². The van der Waals surface area contributed by atoms with Gasteiger partial charge in [0.15, 0.2) is 5.75 Å². The quantitative estimate of drug-likeness (QED) is 0.784. The van der Waals surface area contributed by atoms with Crippen LogP contribution >= 0.6 is 15.9 Å². The molecule has 0 aliphatic carbocycles. The highest BCUT2D eigenvalue weighted by Crippen LogP contribution is 2.30. The van der Waals surface area contributed by atoms with E-state index in [1.165, 1.54) is 30.3 Å².